The van der Waals surface area contributed by atoms with Crippen LogP contribution in [0.2, 0.25) is 0 Å². The number of rotatable bonds is 5. The summed E-state index contributed by atoms with van der Waals surface area (Å²) in [5, 5.41) is 2.94. The lowest BCUT2D eigenvalue weighted by Crippen LogP contribution is -2.50. The second-order valence-electron chi connectivity index (χ2n) is 7.74. The van der Waals surface area contributed by atoms with Crippen molar-refractivity contribution < 1.29 is 19.0 Å². The quantitative estimate of drug-likeness (QED) is 0.752. The third kappa shape index (κ3) is 5.13. The van der Waals surface area contributed by atoms with E-state index in [1.54, 1.807) is 37.3 Å². The minimum absolute atomic E-state index is 0.146. The van der Waals surface area contributed by atoms with Gasteiger partial charge >= 0.3 is 6.03 Å². The van der Waals surface area contributed by atoms with E-state index in [9.17, 15) is 4.79 Å². The van der Waals surface area contributed by atoms with Gasteiger partial charge in [-0.2, -0.15) is 0 Å². The van der Waals surface area contributed by atoms with Crippen LogP contribution in [0.1, 0.15) is 5.82 Å². The van der Waals surface area contributed by atoms with E-state index in [0.717, 1.165) is 30.5 Å². The van der Waals surface area contributed by atoms with Crippen molar-refractivity contribution in [3.63, 3.8) is 0 Å². The first-order valence-corrected chi connectivity index (χ1v) is 10.8. The molecule has 2 amide bonds. The molecular weight excluding hydrogens is 412 g/mol. The van der Waals surface area contributed by atoms with Crippen LogP contribution in [0.15, 0.2) is 24.3 Å². The monoisotopic (exact) mass is 442 g/mol. The number of urea groups is 1. The van der Waals surface area contributed by atoms with E-state index in [-0.39, 0.29) is 6.03 Å². The largest absolute Gasteiger partial charge is 0.497 e. The van der Waals surface area contributed by atoms with E-state index in [4.69, 9.17) is 14.2 Å². The third-order valence-corrected chi connectivity index (χ3v) is 5.64. The summed E-state index contributed by atoms with van der Waals surface area (Å²) < 4.78 is 16.0. The number of hydrogen-bond donors (Lipinski definition) is 1. The van der Waals surface area contributed by atoms with E-state index in [2.05, 4.69) is 25.1 Å². The predicted molar refractivity (Wildman–Crippen MR) is 122 cm³/mol. The Morgan fingerprint density at radius 1 is 0.875 bits per heavy atom. The van der Waals surface area contributed by atoms with Gasteiger partial charge in [0.2, 0.25) is 0 Å². The zero-order valence-electron chi connectivity index (χ0n) is 18.8. The van der Waals surface area contributed by atoms with Gasteiger partial charge < -0.3 is 34.2 Å². The molecule has 0 atom stereocenters. The lowest BCUT2D eigenvalue weighted by molar-refractivity contribution is 0.122. The van der Waals surface area contributed by atoms with Gasteiger partial charge in [-0.15, -0.1) is 0 Å². The van der Waals surface area contributed by atoms with Gasteiger partial charge in [0.15, 0.2) is 0 Å². The van der Waals surface area contributed by atoms with Crippen molar-refractivity contribution in [1.82, 2.24) is 14.9 Å². The van der Waals surface area contributed by atoms with E-state index < -0.39 is 0 Å². The van der Waals surface area contributed by atoms with Gasteiger partial charge in [-0.05, 0) is 6.92 Å². The van der Waals surface area contributed by atoms with Crippen molar-refractivity contribution in [2.75, 3.05) is 81.8 Å². The summed E-state index contributed by atoms with van der Waals surface area (Å²) in [5.74, 6) is 3.83. The Morgan fingerprint density at radius 3 is 2.00 bits per heavy atom. The van der Waals surface area contributed by atoms with E-state index in [1.807, 2.05) is 13.0 Å². The van der Waals surface area contributed by atoms with Crippen LogP contribution >= 0.6 is 0 Å². The summed E-state index contributed by atoms with van der Waals surface area (Å²) >= 11 is 0. The number of nitrogens with one attached hydrogen (secondary N) is 1. The van der Waals surface area contributed by atoms with Crippen LogP contribution in [0.25, 0.3) is 0 Å². The van der Waals surface area contributed by atoms with Crippen molar-refractivity contribution in [3.8, 4) is 11.5 Å². The second-order valence-corrected chi connectivity index (χ2v) is 7.74. The van der Waals surface area contributed by atoms with Crippen LogP contribution in [0.5, 0.6) is 11.5 Å². The molecule has 1 N–H and O–H groups in total. The zero-order valence-corrected chi connectivity index (χ0v) is 18.8. The average Bonchev–Trinajstić information content (AvgIpc) is 2.84. The van der Waals surface area contributed by atoms with Crippen molar-refractivity contribution >= 4 is 23.4 Å². The van der Waals surface area contributed by atoms with Gasteiger partial charge in [-0.1, -0.05) is 0 Å². The number of morpholine rings is 1. The van der Waals surface area contributed by atoms with E-state index in [1.165, 1.54) is 0 Å². The van der Waals surface area contributed by atoms with Crippen LogP contribution < -0.4 is 24.6 Å². The summed E-state index contributed by atoms with van der Waals surface area (Å²) in [5.41, 5.74) is 0.634. The van der Waals surface area contributed by atoms with E-state index in [0.29, 0.717) is 56.6 Å². The van der Waals surface area contributed by atoms with Gasteiger partial charge in [0, 0.05) is 69.2 Å². The van der Waals surface area contributed by atoms with Crippen molar-refractivity contribution in [2.45, 2.75) is 6.92 Å². The fraction of sp³-hybridized carbons (Fsp3) is 0.500. The molecule has 10 nitrogen and oxygen atoms in total. The summed E-state index contributed by atoms with van der Waals surface area (Å²) in [7, 11) is 3.16. The molecule has 2 saturated heterocycles. The number of nitrogens with zero attached hydrogens (tertiary/aromatic N) is 5. The summed E-state index contributed by atoms with van der Waals surface area (Å²) in [6, 6.07) is 7.20. The maximum absolute atomic E-state index is 12.8. The summed E-state index contributed by atoms with van der Waals surface area (Å²) in [4.78, 5) is 28.3. The minimum atomic E-state index is -0.146. The normalized spacial score (nSPS) is 16.7. The van der Waals surface area contributed by atoms with E-state index >= 15 is 0 Å². The highest BCUT2D eigenvalue weighted by atomic mass is 16.5. The Labute approximate surface area is 188 Å². The molecular formula is C22H30N6O4. The second kappa shape index (κ2) is 9.90. The number of piperazine rings is 1. The molecule has 0 radical (unpaired) electrons. The molecule has 4 rings (SSSR count). The summed E-state index contributed by atoms with van der Waals surface area (Å²) in [6.07, 6.45) is 0. The standard InChI is InChI=1S/C22H30N6O4/c1-16-23-20(15-21(24-16)27-8-10-32-11-9-27)26-4-6-28(7-5-26)22(29)25-17-12-18(30-2)14-19(13-17)31-3/h12-15H,4-11H2,1-3H3,(H,25,29). The first-order valence-electron chi connectivity index (χ1n) is 10.8. The highest BCUT2D eigenvalue weighted by Gasteiger charge is 2.24. The number of aryl methyl sites for hydroxylation is 1. The first kappa shape index (κ1) is 21.9. The van der Waals surface area contributed by atoms with Crippen LogP contribution in [-0.4, -0.2) is 87.6 Å². The van der Waals surface area contributed by atoms with Gasteiger partial charge in [-0.25, -0.2) is 14.8 Å². The molecule has 2 fully saturated rings. The molecule has 172 valence electrons. The average molecular weight is 443 g/mol. The predicted octanol–water partition coefficient (Wildman–Crippen LogP) is 1.99. The first-order chi connectivity index (χ1) is 15.6. The van der Waals surface area contributed by atoms with Crippen molar-refractivity contribution in [1.29, 1.82) is 0 Å². The smallest absolute Gasteiger partial charge is 0.321 e. The Balaban J connectivity index is 1.38. The minimum Gasteiger partial charge on any atom is -0.497 e. The molecule has 1 aromatic heterocycles. The van der Waals surface area contributed by atoms with Gasteiger partial charge in [-0.3, -0.25) is 0 Å². The number of amides is 2. The number of methoxy groups -OCH3 is 2. The number of carbonyl (C=O) groups excluding carboxylic acids is 1. The Bertz CT molecular complexity index is 920. The molecule has 0 aliphatic carbocycles. The SMILES string of the molecule is COc1cc(NC(=O)N2CCN(c3cc(N4CCOCC4)nc(C)n3)CC2)cc(OC)c1. The fourth-order valence-corrected chi connectivity index (χ4v) is 3.87. The molecule has 2 aliphatic heterocycles. The molecule has 0 bridgehead atoms. The van der Waals surface area contributed by atoms with Gasteiger partial charge in [0.25, 0.3) is 0 Å². The highest BCUT2D eigenvalue weighted by Crippen LogP contribution is 2.26. The number of hydrogen-bond acceptors (Lipinski definition) is 8. The van der Waals surface area contributed by atoms with Gasteiger partial charge in [0.05, 0.1) is 27.4 Å². The summed E-state index contributed by atoms with van der Waals surface area (Å²) in [6.45, 7) is 7.61. The molecule has 1 aromatic carbocycles. The number of anilines is 3. The van der Waals surface area contributed by atoms with Crippen LogP contribution in [-0.2, 0) is 4.74 Å². The zero-order chi connectivity index (χ0) is 22.5. The van der Waals surface area contributed by atoms with Crippen LogP contribution in [0.4, 0.5) is 22.1 Å². The number of ether oxygens (including phenoxy) is 3. The maximum atomic E-state index is 12.8. The molecule has 0 spiro atoms. The molecule has 10 heteroatoms. The number of benzene rings is 1. The van der Waals surface area contributed by atoms with Crippen LogP contribution in [0.3, 0.4) is 0 Å². The number of aromatic nitrogens is 2. The third-order valence-electron chi connectivity index (χ3n) is 5.64. The molecule has 2 aliphatic rings. The molecule has 0 saturated carbocycles. The fourth-order valence-electron chi connectivity index (χ4n) is 3.87. The Kier molecular flexibility index (Phi) is 6.79. The topological polar surface area (TPSA) is 92.3 Å². The molecule has 3 heterocycles. The van der Waals surface area contributed by atoms with Crippen LogP contribution in [0, 0.1) is 6.92 Å². The number of carbonyl (C=O) groups is 1. The maximum Gasteiger partial charge on any atom is 0.321 e. The Hall–Kier alpha value is -3.27. The van der Waals surface area contributed by atoms with Crippen molar-refractivity contribution in [2.24, 2.45) is 0 Å². The van der Waals surface area contributed by atoms with Gasteiger partial charge in [0.1, 0.15) is 29.0 Å². The lowest BCUT2D eigenvalue weighted by Gasteiger charge is -2.36. The highest BCUT2D eigenvalue weighted by molar-refractivity contribution is 5.90. The Morgan fingerprint density at radius 2 is 1.44 bits per heavy atom. The lowest BCUT2D eigenvalue weighted by atomic mass is 10.2. The molecule has 32 heavy (non-hydrogen) atoms. The van der Waals surface area contributed by atoms with Crippen molar-refractivity contribution in [3.05, 3.63) is 30.1 Å². The molecule has 2 aromatic rings. The molecule has 0 unspecified atom stereocenters.